The molecular weight excluding hydrogens is 440 g/mol. The van der Waals surface area contributed by atoms with Gasteiger partial charge in [-0.1, -0.05) is 31.0 Å². The summed E-state index contributed by atoms with van der Waals surface area (Å²) >= 11 is 1.56. The molecule has 3 rings (SSSR count). The van der Waals surface area contributed by atoms with Gasteiger partial charge in [-0.15, -0.1) is 17.5 Å². The molecule has 0 aromatic carbocycles. The van der Waals surface area contributed by atoms with E-state index in [1.54, 1.807) is 11.8 Å². The number of carbonyl (C=O) groups is 3. The fourth-order valence-electron chi connectivity index (χ4n) is 4.48. The van der Waals surface area contributed by atoms with Crippen LogP contribution in [0.2, 0.25) is 0 Å². The highest BCUT2D eigenvalue weighted by molar-refractivity contribution is 8.15. The summed E-state index contributed by atoms with van der Waals surface area (Å²) in [6.07, 6.45) is 6.21. The number of ether oxygens (including phenoxy) is 1. The molecule has 2 saturated heterocycles. The highest BCUT2D eigenvalue weighted by Gasteiger charge is 2.37. The van der Waals surface area contributed by atoms with Crippen LogP contribution in [0, 0.1) is 11.8 Å². The van der Waals surface area contributed by atoms with Crippen LogP contribution in [0.3, 0.4) is 0 Å². The number of hydrogen-bond acceptors (Lipinski definition) is 6. The van der Waals surface area contributed by atoms with Crippen LogP contribution in [-0.2, 0) is 19.1 Å². The number of nitrogens with zero attached hydrogens (tertiary/aromatic N) is 2. The van der Waals surface area contributed by atoms with Gasteiger partial charge in [-0.2, -0.15) is 0 Å². The minimum absolute atomic E-state index is 0. The minimum atomic E-state index is -0.825. The largest absolute Gasteiger partial charge is 0.381 e. The Hall–Kier alpha value is -1.32. The molecule has 2 aliphatic heterocycles. The summed E-state index contributed by atoms with van der Waals surface area (Å²) in [5.74, 6) is -1.67. The van der Waals surface area contributed by atoms with E-state index >= 15 is 0 Å². The number of hydrazone groups is 1. The Morgan fingerprint density at radius 1 is 1.13 bits per heavy atom. The number of carbonyl (C=O) groups excluding carboxylic acids is 3. The van der Waals surface area contributed by atoms with Crippen molar-refractivity contribution in [2.75, 3.05) is 26.8 Å². The monoisotopic (exact) mass is 474 g/mol. The normalized spacial score (nSPS) is 24.4. The maximum absolute atomic E-state index is 13.0. The molecule has 2 N–H and O–H groups in total. The average molecular weight is 475 g/mol. The predicted molar refractivity (Wildman–Crippen MR) is 124 cm³/mol. The zero-order valence-electron chi connectivity index (χ0n) is 18.6. The smallest absolute Gasteiger partial charge is 0.309 e. The molecule has 2 amide bonds. The molecule has 1 unspecified atom stereocenters. The first-order valence-electron chi connectivity index (χ1n) is 11.0. The van der Waals surface area contributed by atoms with Crippen LogP contribution in [0.15, 0.2) is 5.10 Å². The molecule has 1 aliphatic carbocycles. The van der Waals surface area contributed by atoms with Crippen molar-refractivity contribution in [3.05, 3.63) is 0 Å². The molecule has 0 bridgehead atoms. The molecular formula is C21H35ClN4O4S. The second-order valence-electron chi connectivity index (χ2n) is 9.19. The number of hydrogen-bond donors (Lipinski definition) is 2. The first-order valence-corrected chi connectivity index (χ1v) is 11.8. The van der Waals surface area contributed by atoms with Gasteiger partial charge < -0.3 is 15.0 Å². The van der Waals surface area contributed by atoms with E-state index in [0.717, 1.165) is 38.6 Å². The third-order valence-corrected chi connectivity index (χ3v) is 7.35. The number of thioether (sulfide) groups is 1. The molecule has 0 aromatic rings. The summed E-state index contributed by atoms with van der Waals surface area (Å²) in [4.78, 5) is 40.4. The van der Waals surface area contributed by atoms with Crippen molar-refractivity contribution in [1.82, 2.24) is 15.6 Å². The van der Waals surface area contributed by atoms with Gasteiger partial charge in [0.25, 0.3) is 0 Å². The molecule has 3 fully saturated rings. The Morgan fingerprint density at radius 3 is 2.35 bits per heavy atom. The first-order chi connectivity index (χ1) is 14.3. The molecule has 176 valence electrons. The van der Waals surface area contributed by atoms with Gasteiger partial charge >= 0.3 is 5.91 Å². The lowest BCUT2D eigenvalue weighted by Crippen LogP contribution is -2.53. The standard InChI is InChI=1S/C21H34N4O4S.ClH/c1-21(2)13-25(3)20(30-21)24-23-19(28)17(26)16(14-9-11-29-12-10-14)22-18(27)15-7-5-4-6-8-15;/h14-16H,4-13H2,1-3H3,(H,22,27)(H,23,28);1H. The Kier molecular flexibility index (Phi) is 9.64. The van der Waals surface area contributed by atoms with Crippen molar-refractivity contribution < 1.29 is 19.1 Å². The van der Waals surface area contributed by atoms with Gasteiger partial charge in [0.15, 0.2) is 5.17 Å². The third kappa shape index (κ3) is 7.08. The van der Waals surface area contributed by atoms with Gasteiger partial charge in [0.05, 0.1) is 0 Å². The molecule has 3 aliphatic rings. The van der Waals surface area contributed by atoms with E-state index in [1.165, 1.54) is 0 Å². The lowest BCUT2D eigenvalue weighted by atomic mass is 9.85. The van der Waals surface area contributed by atoms with Gasteiger partial charge in [-0.3, -0.25) is 14.4 Å². The van der Waals surface area contributed by atoms with Crippen LogP contribution in [0.1, 0.15) is 58.8 Å². The number of amides is 2. The zero-order valence-corrected chi connectivity index (χ0v) is 20.3. The fourth-order valence-corrected chi connectivity index (χ4v) is 5.55. The van der Waals surface area contributed by atoms with E-state index in [-0.39, 0.29) is 34.9 Å². The van der Waals surface area contributed by atoms with Crippen LogP contribution in [0.25, 0.3) is 0 Å². The molecule has 31 heavy (non-hydrogen) atoms. The summed E-state index contributed by atoms with van der Waals surface area (Å²) in [6, 6.07) is -0.825. The molecule has 0 aromatic heterocycles. The molecule has 8 nitrogen and oxygen atoms in total. The summed E-state index contributed by atoms with van der Waals surface area (Å²) in [5.41, 5.74) is 2.42. The fraction of sp³-hybridized carbons (Fsp3) is 0.810. The number of amidine groups is 1. The Bertz CT molecular complexity index is 691. The van der Waals surface area contributed by atoms with Crippen molar-refractivity contribution in [3.63, 3.8) is 0 Å². The van der Waals surface area contributed by atoms with Gasteiger partial charge in [-0.05, 0) is 45.4 Å². The van der Waals surface area contributed by atoms with Crippen LogP contribution in [-0.4, -0.2) is 65.3 Å². The van der Waals surface area contributed by atoms with Crippen molar-refractivity contribution in [2.45, 2.75) is 69.6 Å². The van der Waals surface area contributed by atoms with Gasteiger partial charge in [0, 0.05) is 37.5 Å². The third-order valence-electron chi connectivity index (χ3n) is 6.08. The molecule has 2 heterocycles. The molecule has 0 spiro atoms. The Balaban J connectivity index is 0.00000341. The molecule has 10 heteroatoms. The predicted octanol–water partition coefficient (Wildman–Crippen LogP) is 2.31. The lowest BCUT2D eigenvalue weighted by Gasteiger charge is -2.31. The van der Waals surface area contributed by atoms with Crippen molar-refractivity contribution in [1.29, 1.82) is 0 Å². The topological polar surface area (TPSA) is 100 Å². The van der Waals surface area contributed by atoms with E-state index in [2.05, 4.69) is 29.7 Å². The van der Waals surface area contributed by atoms with E-state index < -0.39 is 17.7 Å². The number of ketones is 1. The second kappa shape index (κ2) is 11.5. The maximum Gasteiger partial charge on any atom is 0.309 e. The number of nitrogens with one attached hydrogen (secondary N) is 2. The summed E-state index contributed by atoms with van der Waals surface area (Å²) in [7, 11) is 1.91. The quantitative estimate of drug-likeness (QED) is 0.452. The highest BCUT2D eigenvalue weighted by Crippen LogP contribution is 2.34. The van der Waals surface area contributed by atoms with E-state index in [1.807, 2.05) is 11.9 Å². The first kappa shape index (κ1) is 25.9. The van der Waals surface area contributed by atoms with Gasteiger partial charge in [-0.25, -0.2) is 5.43 Å². The van der Waals surface area contributed by atoms with Gasteiger partial charge in [0.2, 0.25) is 11.7 Å². The van der Waals surface area contributed by atoms with Crippen molar-refractivity contribution in [2.24, 2.45) is 16.9 Å². The van der Waals surface area contributed by atoms with Gasteiger partial charge in [0.1, 0.15) is 6.04 Å². The van der Waals surface area contributed by atoms with E-state index in [0.29, 0.717) is 31.2 Å². The summed E-state index contributed by atoms with van der Waals surface area (Å²) < 4.78 is 5.40. The highest BCUT2D eigenvalue weighted by atomic mass is 35.5. The average Bonchev–Trinajstić information content (AvgIpc) is 3.02. The molecule has 1 saturated carbocycles. The maximum atomic E-state index is 13.0. The number of rotatable bonds is 6. The van der Waals surface area contributed by atoms with Crippen LogP contribution < -0.4 is 10.7 Å². The number of Topliss-reactive ketones (excluding diaryl/α,β-unsaturated/α-hetero) is 1. The Labute approximate surface area is 195 Å². The van der Waals surface area contributed by atoms with E-state index in [9.17, 15) is 14.4 Å². The minimum Gasteiger partial charge on any atom is -0.381 e. The van der Waals surface area contributed by atoms with Crippen LogP contribution in [0.5, 0.6) is 0 Å². The van der Waals surface area contributed by atoms with E-state index in [4.69, 9.17) is 4.74 Å². The summed E-state index contributed by atoms with van der Waals surface area (Å²) in [6.45, 7) is 6.09. The van der Waals surface area contributed by atoms with Crippen LogP contribution in [0.4, 0.5) is 0 Å². The second-order valence-corrected chi connectivity index (χ2v) is 10.9. The number of halogens is 1. The van der Waals surface area contributed by atoms with Crippen molar-refractivity contribution >= 4 is 46.9 Å². The van der Waals surface area contributed by atoms with Crippen molar-refractivity contribution in [3.8, 4) is 0 Å². The lowest BCUT2D eigenvalue weighted by molar-refractivity contribution is -0.142. The van der Waals surface area contributed by atoms with Crippen LogP contribution >= 0.6 is 24.2 Å². The Morgan fingerprint density at radius 2 is 1.77 bits per heavy atom. The SMILES string of the molecule is CN1CC(C)(C)SC1=NNC(=O)C(=O)C(NC(=O)C1CCCCC1)C1CCOCC1.Cl. The molecule has 0 radical (unpaired) electrons. The molecule has 1 atom stereocenters. The summed E-state index contributed by atoms with van der Waals surface area (Å²) in [5, 5.41) is 7.76. The zero-order chi connectivity index (χ0) is 21.7.